The van der Waals surface area contributed by atoms with Crippen molar-refractivity contribution in [2.24, 2.45) is 10.8 Å². The van der Waals surface area contributed by atoms with Crippen LogP contribution in [-0.4, -0.2) is 55.7 Å². The Morgan fingerprint density at radius 3 is 3.17 bits per heavy atom. The Kier molecular flexibility index (Phi) is 6.45. The first-order valence-corrected chi connectivity index (χ1v) is 6.33. The summed E-state index contributed by atoms with van der Waals surface area (Å²) in [5.41, 5.74) is 2.57. The van der Waals surface area contributed by atoms with E-state index in [-0.39, 0.29) is 11.9 Å². The molecule has 7 nitrogen and oxygen atoms in total. The zero-order valence-corrected chi connectivity index (χ0v) is 11.1. The van der Waals surface area contributed by atoms with Crippen LogP contribution in [-0.2, 0) is 9.53 Å². The van der Waals surface area contributed by atoms with Gasteiger partial charge in [0, 0.05) is 32.8 Å². The predicted molar refractivity (Wildman–Crippen MR) is 69.9 cm³/mol. The molecule has 1 aliphatic rings. The Morgan fingerprint density at radius 2 is 2.50 bits per heavy atom. The van der Waals surface area contributed by atoms with E-state index < -0.39 is 0 Å². The molecule has 0 aromatic heterocycles. The number of carbonyl (C=O) groups is 1. The lowest BCUT2D eigenvalue weighted by atomic mass is 10.2. The summed E-state index contributed by atoms with van der Waals surface area (Å²) in [5.74, 6) is 6.03. The van der Waals surface area contributed by atoms with Crippen molar-refractivity contribution in [3.63, 3.8) is 0 Å². The van der Waals surface area contributed by atoms with Gasteiger partial charge in [-0.05, 0) is 20.3 Å². The number of hydrogen-bond donors (Lipinski definition) is 3. The van der Waals surface area contributed by atoms with Gasteiger partial charge < -0.3 is 15.0 Å². The fourth-order valence-electron chi connectivity index (χ4n) is 1.79. The molecule has 7 heteroatoms. The highest BCUT2D eigenvalue weighted by Gasteiger charge is 2.27. The largest absolute Gasteiger partial charge is 0.382 e. The van der Waals surface area contributed by atoms with E-state index in [0.29, 0.717) is 32.2 Å². The molecule has 0 aromatic carbocycles. The lowest BCUT2D eigenvalue weighted by Crippen LogP contribution is -2.59. The number of carbonyl (C=O) groups excluding carboxylic acids is 1. The molecule has 1 heterocycles. The summed E-state index contributed by atoms with van der Waals surface area (Å²) in [6.45, 7) is 7.16. The van der Waals surface area contributed by atoms with Gasteiger partial charge in [0.15, 0.2) is 0 Å². The summed E-state index contributed by atoms with van der Waals surface area (Å²) < 4.78 is 5.23. The Balaban J connectivity index is 2.48. The maximum atomic E-state index is 11.5. The van der Waals surface area contributed by atoms with Crippen molar-refractivity contribution in [2.75, 3.05) is 32.8 Å². The van der Waals surface area contributed by atoms with E-state index in [1.54, 1.807) is 0 Å². The molecule has 18 heavy (non-hydrogen) atoms. The van der Waals surface area contributed by atoms with Crippen molar-refractivity contribution in [2.45, 2.75) is 26.3 Å². The smallest absolute Gasteiger partial charge is 0.242 e. The predicted octanol–water partition coefficient (Wildman–Crippen LogP) is -0.947. The van der Waals surface area contributed by atoms with Crippen molar-refractivity contribution >= 4 is 11.9 Å². The molecule has 0 bridgehead atoms. The molecule has 1 unspecified atom stereocenters. The van der Waals surface area contributed by atoms with E-state index in [9.17, 15) is 4.79 Å². The SMILES string of the molecule is CCOCCCN=C(NN)N1CCNC(=O)C1C. The molecule has 0 spiro atoms. The first-order valence-electron chi connectivity index (χ1n) is 6.33. The highest BCUT2D eigenvalue weighted by atomic mass is 16.5. The third-order valence-corrected chi connectivity index (χ3v) is 2.81. The van der Waals surface area contributed by atoms with Gasteiger partial charge in [0.05, 0.1) is 0 Å². The minimum atomic E-state index is -0.250. The molecule has 1 rings (SSSR count). The standard InChI is InChI=1S/C11H23N5O2/c1-3-18-8-4-5-14-11(15-12)16-7-6-13-10(17)9(16)2/h9H,3-8,12H2,1-2H3,(H,13,17)(H,14,15). The number of amides is 1. The lowest BCUT2D eigenvalue weighted by molar-refractivity contribution is -0.126. The fraction of sp³-hybridized carbons (Fsp3) is 0.818. The van der Waals surface area contributed by atoms with Gasteiger partial charge in [-0.2, -0.15) is 0 Å². The van der Waals surface area contributed by atoms with Gasteiger partial charge >= 0.3 is 0 Å². The van der Waals surface area contributed by atoms with Crippen molar-refractivity contribution in [3.05, 3.63) is 0 Å². The van der Waals surface area contributed by atoms with Crippen molar-refractivity contribution in [3.8, 4) is 0 Å². The van der Waals surface area contributed by atoms with Crippen LogP contribution in [0.5, 0.6) is 0 Å². The van der Waals surface area contributed by atoms with Crippen molar-refractivity contribution < 1.29 is 9.53 Å². The number of guanidine groups is 1. The number of piperazine rings is 1. The van der Waals surface area contributed by atoms with Crippen LogP contribution in [0, 0.1) is 0 Å². The molecule has 104 valence electrons. The van der Waals surface area contributed by atoms with E-state index in [4.69, 9.17) is 10.6 Å². The van der Waals surface area contributed by atoms with Gasteiger partial charge in [-0.3, -0.25) is 15.2 Å². The Bertz CT molecular complexity index is 295. The maximum Gasteiger partial charge on any atom is 0.242 e. The van der Waals surface area contributed by atoms with Crippen LogP contribution in [0.1, 0.15) is 20.3 Å². The van der Waals surface area contributed by atoms with E-state index in [1.165, 1.54) is 0 Å². The van der Waals surface area contributed by atoms with E-state index in [0.717, 1.165) is 13.0 Å². The molecular formula is C11H23N5O2. The zero-order valence-electron chi connectivity index (χ0n) is 11.1. The molecule has 4 N–H and O–H groups in total. The van der Waals surface area contributed by atoms with Crippen molar-refractivity contribution in [1.29, 1.82) is 0 Å². The normalized spacial score (nSPS) is 20.8. The number of nitrogens with two attached hydrogens (primary N) is 1. The summed E-state index contributed by atoms with van der Waals surface area (Å²) in [6.07, 6.45) is 0.841. The first-order chi connectivity index (χ1) is 8.70. The number of nitrogens with zero attached hydrogens (tertiary/aromatic N) is 2. The zero-order chi connectivity index (χ0) is 13.4. The van der Waals surface area contributed by atoms with Gasteiger partial charge in [-0.15, -0.1) is 0 Å². The Hall–Kier alpha value is -1.34. The third-order valence-electron chi connectivity index (χ3n) is 2.81. The molecule has 1 atom stereocenters. The highest BCUT2D eigenvalue weighted by Crippen LogP contribution is 2.04. The molecule has 0 saturated carbocycles. The van der Waals surface area contributed by atoms with Crippen LogP contribution < -0.4 is 16.6 Å². The topological polar surface area (TPSA) is 92.0 Å². The minimum Gasteiger partial charge on any atom is -0.382 e. The summed E-state index contributed by atoms with van der Waals surface area (Å²) in [7, 11) is 0. The molecule has 1 saturated heterocycles. The molecule has 1 aliphatic heterocycles. The van der Waals surface area contributed by atoms with Crippen LogP contribution >= 0.6 is 0 Å². The van der Waals surface area contributed by atoms with Crippen molar-refractivity contribution in [1.82, 2.24) is 15.6 Å². The van der Waals surface area contributed by atoms with Crippen LogP contribution in [0.3, 0.4) is 0 Å². The average molecular weight is 257 g/mol. The number of hydrazine groups is 1. The number of hydrogen-bond acceptors (Lipinski definition) is 4. The highest BCUT2D eigenvalue weighted by molar-refractivity contribution is 5.89. The number of ether oxygens (including phenoxy) is 1. The van der Waals surface area contributed by atoms with E-state index >= 15 is 0 Å². The molecule has 1 amide bonds. The van der Waals surface area contributed by atoms with Crippen LogP contribution in [0.15, 0.2) is 4.99 Å². The number of nitrogens with one attached hydrogen (secondary N) is 2. The van der Waals surface area contributed by atoms with Gasteiger partial charge in [0.25, 0.3) is 0 Å². The molecule has 0 radical (unpaired) electrons. The van der Waals surface area contributed by atoms with Crippen LogP contribution in [0.2, 0.25) is 0 Å². The summed E-state index contributed by atoms with van der Waals surface area (Å²) in [5, 5.41) is 2.80. The van der Waals surface area contributed by atoms with Gasteiger partial charge in [-0.25, -0.2) is 5.84 Å². The molecule has 0 aliphatic carbocycles. The Morgan fingerprint density at radius 1 is 1.72 bits per heavy atom. The second-order valence-electron chi connectivity index (χ2n) is 4.06. The van der Waals surface area contributed by atoms with Crippen LogP contribution in [0.4, 0.5) is 0 Å². The average Bonchev–Trinajstić information content (AvgIpc) is 2.38. The van der Waals surface area contributed by atoms with Gasteiger partial charge in [0.1, 0.15) is 6.04 Å². The number of rotatable bonds is 5. The monoisotopic (exact) mass is 257 g/mol. The molecule has 1 fully saturated rings. The van der Waals surface area contributed by atoms with Gasteiger partial charge in [-0.1, -0.05) is 0 Å². The first kappa shape index (κ1) is 14.7. The fourth-order valence-corrected chi connectivity index (χ4v) is 1.79. The quantitative estimate of drug-likeness (QED) is 0.194. The van der Waals surface area contributed by atoms with E-state index in [1.807, 2.05) is 18.7 Å². The number of aliphatic imine (C=N–C) groups is 1. The second kappa shape index (κ2) is 7.88. The second-order valence-corrected chi connectivity index (χ2v) is 4.06. The summed E-state index contributed by atoms with van der Waals surface area (Å²) in [6, 6.07) is -0.250. The van der Waals surface area contributed by atoms with E-state index in [2.05, 4.69) is 15.7 Å². The Labute approximate surface area is 108 Å². The third kappa shape index (κ3) is 4.15. The maximum absolute atomic E-state index is 11.5. The van der Waals surface area contributed by atoms with Gasteiger partial charge in [0.2, 0.25) is 11.9 Å². The molecular weight excluding hydrogens is 234 g/mol. The minimum absolute atomic E-state index is 0.00137. The summed E-state index contributed by atoms with van der Waals surface area (Å²) >= 11 is 0. The molecule has 0 aromatic rings. The lowest BCUT2D eigenvalue weighted by Gasteiger charge is -2.34. The van der Waals surface area contributed by atoms with Crippen LogP contribution in [0.25, 0.3) is 0 Å². The summed E-state index contributed by atoms with van der Waals surface area (Å²) in [4.78, 5) is 17.8.